The van der Waals surface area contributed by atoms with E-state index in [9.17, 15) is 4.79 Å². The Morgan fingerprint density at radius 3 is 2.74 bits per heavy atom. The summed E-state index contributed by atoms with van der Waals surface area (Å²) in [6.45, 7) is 8.48. The van der Waals surface area contributed by atoms with Gasteiger partial charge in [0.1, 0.15) is 5.54 Å². The van der Waals surface area contributed by atoms with Gasteiger partial charge in [-0.25, -0.2) is 4.79 Å². The first kappa shape index (κ1) is 14.8. The molecule has 3 unspecified atom stereocenters. The van der Waals surface area contributed by atoms with Crippen LogP contribution in [0.15, 0.2) is 0 Å². The molecule has 0 amide bonds. The molecule has 0 aromatic heterocycles. The zero-order valence-corrected chi connectivity index (χ0v) is 12.2. The lowest BCUT2D eigenvalue weighted by Crippen LogP contribution is -2.62. The van der Waals surface area contributed by atoms with Crippen molar-refractivity contribution in [1.82, 2.24) is 4.90 Å². The third kappa shape index (κ3) is 3.27. The Labute approximate surface area is 115 Å². The molecule has 2 fully saturated rings. The van der Waals surface area contributed by atoms with Crippen molar-refractivity contribution in [2.24, 2.45) is 11.7 Å². The van der Waals surface area contributed by atoms with Gasteiger partial charge in [0, 0.05) is 19.1 Å². The fourth-order valence-corrected chi connectivity index (χ4v) is 2.75. The highest BCUT2D eigenvalue weighted by Gasteiger charge is 2.50. The first-order chi connectivity index (χ1) is 8.97. The Morgan fingerprint density at radius 1 is 1.47 bits per heavy atom. The highest BCUT2D eigenvalue weighted by atomic mass is 16.5. The Hall–Kier alpha value is -0.650. The first-order valence-electron chi connectivity index (χ1n) is 7.29. The van der Waals surface area contributed by atoms with Crippen LogP contribution in [0, 0.1) is 5.92 Å². The fourth-order valence-electron chi connectivity index (χ4n) is 2.75. The maximum Gasteiger partial charge on any atom is 0.327 e. The van der Waals surface area contributed by atoms with Gasteiger partial charge in [-0.3, -0.25) is 4.90 Å². The van der Waals surface area contributed by atoms with E-state index in [-0.39, 0.29) is 18.0 Å². The van der Waals surface area contributed by atoms with E-state index in [1.165, 1.54) is 0 Å². The zero-order chi connectivity index (χ0) is 14.0. The Morgan fingerprint density at radius 2 is 2.16 bits per heavy atom. The van der Waals surface area contributed by atoms with Crippen molar-refractivity contribution in [3.63, 3.8) is 0 Å². The van der Waals surface area contributed by atoms with Gasteiger partial charge in [-0.15, -0.1) is 0 Å². The summed E-state index contributed by atoms with van der Waals surface area (Å²) in [7, 11) is 0. The topological polar surface area (TPSA) is 64.8 Å². The van der Waals surface area contributed by atoms with Crippen molar-refractivity contribution in [2.45, 2.75) is 51.3 Å². The number of hydrogen-bond donors (Lipinski definition) is 1. The molecule has 2 aliphatic rings. The Kier molecular flexibility index (Phi) is 4.48. The molecule has 110 valence electrons. The van der Waals surface area contributed by atoms with E-state index in [0.717, 1.165) is 19.4 Å². The second kappa shape index (κ2) is 5.77. The average Bonchev–Trinajstić information content (AvgIpc) is 3.18. The monoisotopic (exact) mass is 270 g/mol. The molecule has 2 rings (SSSR count). The minimum absolute atomic E-state index is 0.196. The van der Waals surface area contributed by atoms with E-state index in [1.54, 1.807) is 0 Å². The minimum Gasteiger partial charge on any atom is -0.465 e. The van der Waals surface area contributed by atoms with Crippen molar-refractivity contribution in [2.75, 3.05) is 26.3 Å². The lowest BCUT2D eigenvalue weighted by molar-refractivity contribution is -0.153. The molecule has 5 heteroatoms. The van der Waals surface area contributed by atoms with Crippen LogP contribution in [0.1, 0.15) is 33.6 Å². The summed E-state index contributed by atoms with van der Waals surface area (Å²) in [6.07, 6.45) is 2.26. The van der Waals surface area contributed by atoms with Crippen LogP contribution in [-0.2, 0) is 14.3 Å². The second-order valence-electron chi connectivity index (χ2n) is 5.96. The summed E-state index contributed by atoms with van der Waals surface area (Å²) in [5.74, 6) is 0.0285. The van der Waals surface area contributed by atoms with Crippen LogP contribution in [0.2, 0.25) is 0 Å². The van der Waals surface area contributed by atoms with Gasteiger partial charge in [0.2, 0.25) is 0 Å². The summed E-state index contributed by atoms with van der Waals surface area (Å²) in [6, 6.07) is 0.298. The number of rotatable bonds is 5. The summed E-state index contributed by atoms with van der Waals surface area (Å²) in [5, 5.41) is 0. The molecular weight excluding hydrogens is 244 g/mol. The Balaban J connectivity index is 2.05. The van der Waals surface area contributed by atoms with Crippen molar-refractivity contribution >= 4 is 5.97 Å². The molecule has 2 N–H and O–H groups in total. The van der Waals surface area contributed by atoms with Crippen LogP contribution in [0.25, 0.3) is 0 Å². The SMILES string of the molecule is CCOC(=O)C(N)(CN1CC(C)OCC1C)C1CC1. The number of nitrogens with two attached hydrogens (primary N) is 1. The third-order valence-electron chi connectivity index (χ3n) is 4.16. The van der Waals surface area contributed by atoms with Crippen LogP contribution in [0.3, 0.4) is 0 Å². The number of ether oxygens (including phenoxy) is 2. The summed E-state index contributed by atoms with van der Waals surface area (Å²) >= 11 is 0. The number of carbonyl (C=O) groups is 1. The molecule has 0 aromatic rings. The first-order valence-corrected chi connectivity index (χ1v) is 7.29. The molecule has 3 atom stereocenters. The summed E-state index contributed by atoms with van der Waals surface area (Å²) in [4.78, 5) is 14.5. The average molecular weight is 270 g/mol. The molecule has 1 saturated heterocycles. The second-order valence-corrected chi connectivity index (χ2v) is 5.96. The van der Waals surface area contributed by atoms with Crippen molar-refractivity contribution < 1.29 is 14.3 Å². The molecule has 19 heavy (non-hydrogen) atoms. The summed E-state index contributed by atoms with van der Waals surface area (Å²) in [5.41, 5.74) is 5.57. The predicted octanol–water partition coefficient (Wildman–Crippen LogP) is 0.766. The molecule has 0 bridgehead atoms. The Bertz CT molecular complexity index is 333. The van der Waals surface area contributed by atoms with E-state index in [2.05, 4.69) is 18.7 Å². The smallest absolute Gasteiger partial charge is 0.327 e. The number of hydrogen-bond acceptors (Lipinski definition) is 5. The minimum atomic E-state index is -0.846. The number of esters is 1. The maximum atomic E-state index is 12.2. The van der Waals surface area contributed by atoms with Crippen LogP contribution in [0.4, 0.5) is 0 Å². The van der Waals surface area contributed by atoms with Crippen molar-refractivity contribution in [3.8, 4) is 0 Å². The third-order valence-corrected chi connectivity index (χ3v) is 4.16. The molecular formula is C14H26N2O3. The zero-order valence-electron chi connectivity index (χ0n) is 12.2. The van der Waals surface area contributed by atoms with E-state index in [1.807, 2.05) is 6.92 Å². The van der Waals surface area contributed by atoms with Gasteiger partial charge in [0.25, 0.3) is 0 Å². The molecule has 0 radical (unpaired) electrons. The maximum absolute atomic E-state index is 12.2. The highest BCUT2D eigenvalue weighted by Crippen LogP contribution is 2.40. The van der Waals surface area contributed by atoms with Gasteiger partial charge in [0.15, 0.2) is 0 Å². The van der Waals surface area contributed by atoms with E-state index < -0.39 is 5.54 Å². The van der Waals surface area contributed by atoms with Crippen LogP contribution >= 0.6 is 0 Å². The van der Waals surface area contributed by atoms with Crippen LogP contribution in [0.5, 0.6) is 0 Å². The molecule has 0 aromatic carbocycles. The lowest BCUT2D eigenvalue weighted by atomic mass is 9.92. The molecule has 1 aliphatic carbocycles. The van der Waals surface area contributed by atoms with Crippen LogP contribution < -0.4 is 5.73 Å². The van der Waals surface area contributed by atoms with E-state index in [0.29, 0.717) is 25.8 Å². The molecule has 5 nitrogen and oxygen atoms in total. The normalized spacial score (nSPS) is 31.8. The number of morpholine rings is 1. The molecule has 1 heterocycles. The fraction of sp³-hybridized carbons (Fsp3) is 0.929. The molecule has 1 aliphatic heterocycles. The van der Waals surface area contributed by atoms with Gasteiger partial charge >= 0.3 is 5.97 Å². The molecule has 1 saturated carbocycles. The number of carbonyl (C=O) groups excluding carboxylic acids is 1. The van der Waals surface area contributed by atoms with Gasteiger partial charge < -0.3 is 15.2 Å². The van der Waals surface area contributed by atoms with Gasteiger partial charge in [0.05, 0.1) is 19.3 Å². The quantitative estimate of drug-likeness (QED) is 0.747. The lowest BCUT2D eigenvalue weighted by Gasteiger charge is -2.41. The van der Waals surface area contributed by atoms with Crippen LogP contribution in [-0.4, -0.2) is 54.9 Å². The predicted molar refractivity (Wildman–Crippen MR) is 72.7 cm³/mol. The van der Waals surface area contributed by atoms with Crippen molar-refractivity contribution in [3.05, 3.63) is 0 Å². The molecule has 0 spiro atoms. The van der Waals surface area contributed by atoms with Gasteiger partial charge in [-0.1, -0.05) is 0 Å². The van der Waals surface area contributed by atoms with Crippen molar-refractivity contribution in [1.29, 1.82) is 0 Å². The van der Waals surface area contributed by atoms with E-state index in [4.69, 9.17) is 15.2 Å². The van der Waals surface area contributed by atoms with Gasteiger partial charge in [-0.05, 0) is 39.5 Å². The summed E-state index contributed by atoms with van der Waals surface area (Å²) < 4.78 is 10.8. The largest absolute Gasteiger partial charge is 0.465 e. The highest BCUT2D eigenvalue weighted by molar-refractivity contribution is 5.82. The van der Waals surface area contributed by atoms with Gasteiger partial charge in [-0.2, -0.15) is 0 Å². The number of nitrogens with zero attached hydrogens (tertiary/aromatic N) is 1. The standard InChI is InChI=1S/C14H26N2O3/c1-4-18-13(17)14(15,12-5-6-12)9-16-7-11(3)19-8-10(16)2/h10-12H,4-9,15H2,1-3H3. The van der Waals surface area contributed by atoms with E-state index >= 15 is 0 Å².